The van der Waals surface area contributed by atoms with Crippen molar-refractivity contribution in [1.82, 2.24) is 31.2 Å². The van der Waals surface area contributed by atoms with Crippen LogP contribution in [0.5, 0.6) is 0 Å². The van der Waals surface area contributed by atoms with E-state index in [0.717, 1.165) is 87.2 Å². The van der Waals surface area contributed by atoms with E-state index in [1.165, 1.54) is 57.5 Å². The van der Waals surface area contributed by atoms with Gasteiger partial charge in [0.1, 0.15) is 5.82 Å². The first-order valence-corrected chi connectivity index (χ1v) is 16.0. The van der Waals surface area contributed by atoms with Crippen molar-refractivity contribution in [1.29, 1.82) is 0 Å². The van der Waals surface area contributed by atoms with E-state index in [2.05, 4.69) is 26.3 Å². The van der Waals surface area contributed by atoms with Crippen LogP contribution in [0.1, 0.15) is 69.8 Å². The molecule has 9 heteroatoms. The molecule has 5 N–H and O–H groups in total. The van der Waals surface area contributed by atoms with Gasteiger partial charge in [-0.1, -0.05) is 6.42 Å². The Morgan fingerprint density at radius 1 is 0.878 bits per heavy atom. The second kappa shape index (κ2) is 17.5. The molecule has 0 spiro atoms. The van der Waals surface area contributed by atoms with Crippen LogP contribution in [0.25, 0.3) is 10.9 Å². The van der Waals surface area contributed by atoms with Gasteiger partial charge < -0.3 is 31.2 Å². The number of aromatic amines is 1. The summed E-state index contributed by atoms with van der Waals surface area (Å²) in [7, 11) is 0. The van der Waals surface area contributed by atoms with Gasteiger partial charge in [0.2, 0.25) is 11.8 Å². The van der Waals surface area contributed by atoms with Gasteiger partial charge in [-0.15, -0.1) is 0 Å². The van der Waals surface area contributed by atoms with Crippen LogP contribution < -0.4 is 21.3 Å². The third kappa shape index (κ3) is 11.0. The second-order valence-electron chi connectivity index (χ2n) is 12.0. The molecule has 3 heterocycles. The number of piperidine rings is 2. The number of fused-ring (bicyclic) bond motifs is 1. The van der Waals surface area contributed by atoms with Crippen molar-refractivity contribution in [2.24, 2.45) is 11.8 Å². The van der Waals surface area contributed by atoms with Crippen LogP contribution in [-0.2, 0) is 16.0 Å². The summed E-state index contributed by atoms with van der Waals surface area (Å²) in [5.41, 5.74) is 1.63. The summed E-state index contributed by atoms with van der Waals surface area (Å²) >= 11 is 0. The van der Waals surface area contributed by atoms with Gasteiger partial charge in [-0.25, -0.2) is 4.39 Å². The molecule has 2 fully saturated rings. The minimum atomic E-state index is -0.303. The van der Waals surface area contributed by atoms with E-state index in [9.17, 15) is 14.0 Å². The number of amides is 2. The van der Waals surface area contributed by atoms with Gasteiger partial charge in [0.05, 0.1) is 6.42 Å². The second-order valence-corrected chi connectivity index (χ2v) is 12.0. The molecule has 2 aliphatic heterocycles. The fourth-order valence-electron chi connectivity index (χ4n) is 6.08. The molecular weight excluding hydrogens is 519 g/mol. The maximum Gasteiger partial charge on any atom is 0.224 e. The molecule has 2 aliphatic rings. The predicted octanol–water partition coefficient (Wildman–Crippen LogP) is 3.72. The van der Waals surface area contributed by atoms with Gasteiger partial charge in [0, 0.05) is 43.2 Å². The monoisotopic (exact) mass is 570 g/mol. The summed E-state index contributed by atoms with van der Waals surface area (Å²) in [6.45, 7) is 9.12. The number of H-pyrrole nitrogens is 1. The number of rotatable bonds is 17. The number of unbranched alkanes of at least 4 members (excludes halogenated alkanes) is 3. The zero-order valence-corrected chi connectivity index (χ0v) is 24.7. The van der Waals surface area contributed by atoms with E-state index in [1.54, 1.807) is 12.3 Å². The molecule has 0 saturated carbocycles. The maximum absolute atomic E-state index is 13.5. The van der Waals surface area contributed by atoms with Crippen molar-refractivity contribution < 1.29 is 14.0 Å². The molecule has 0 bridgehead atoms. The smallest absolute Gasteiger partial charge is 0.224 e. The lowest BCUT2D eigenvalue weighted by Gasteiger charge is -2.32. The predicted molar refractivity (Wildman–Crippen MR) is 163 cm³/mol. The lowest BCUT2D eigenvalue weighted by molar-refractivity contribution is -0.132. The molecule has 2 saturated heterocycles. The number of likely N-dealkylation sites (tertiary alicyclic amines) is 1. The highest BCUT2D eigenvalue weighted by atomic mass is 19.1. The standard InChI is InChI=1S/C32H51FN6O2/c33-28-7-8-30-29(21-28)27(24-38-30)20-31(40)37-15-3-1-2-6-32(41)39-18-11-26(12-19-39)23-36-14-5-4-13-35-22-25-9-16-34-17-10-25/h7-8,21,24-26,34-36,38H,1-6,9-20,22-23H2,(H,37,40). The lowest BCUT2D eigenvalue weighted by Crippen LogP contribution is -2.40. The molecule has 0 atom stereocenters. The minimum absolute atomic E-state index is 0.0661. The number of hydrogen-bond donors (Lipinski definition) is 5. The van der Waals surface area contributed by atoms with Crippen molar-refractivity contribution in [2.45, 2.75) is 70.6 Å². The normalized spacial score (nSPS) is 16.9. The Morgan fingerprint density at radius 2 is 1.56 bits per heavy atom. The molecule has 4 rings (SSSR count). The number of carbonyl (C=O) groups excluding carboxylic acids is 2. The van der Waals surface area contributed by atoms with Crippen LogP contribution >= 0.6 is 0 Å². The third-order valence-corrected chi connectivity index (χ3v) is 8.72. The summed E-state index contributed by atoms with van der Waals surface area (Å²) in [4.78, 5) is 30.1. The zero-order chi connectivity index (χ0) is 28.7. The zero-order valence-electron chi connectivity index (χ0n) is 24.7. The first-order valence-electron chi connectivity index (χ1n) is 16.0. The Kier molecular flexibility index (Phi) is 13.4. The van der Waals surface area contributed by atoms with Gasteiger partial charge in [-0.2, -0.15) is 0 Å². The summed E-state index contributed by atoms with van der Waals surface area (Å²) in [5, 5.41) is 14.4. The SMILES string of the molecule is O=C(Cc1c[nH]c2ccc(F)cc12)NCCCCCC(=O)N1CCC(CNCCCCNCC2CCNCC2)CC1. The lowest BCUT2D eigenvalue weighted by atomic mass is 9.96. The van der Waals surface area contributed by atoms with Crippen molar-refractivity contribution in [3.05, 3.63) is 35.8 Å². The number of carbonyl (C=O) groups is 2. The molecule has 2 amide bonds. The van der Waals surface area contributed by atoms with Crippen LogP contribution in [0.4, 0.5) is 4.39 Å². The Bertz CT molecular complexity index is 1060. The number of nitrogens with zero attached hydrogens (tertiary/aromatic N) is 1. The van der Waals surface area contributed by atoms with E-state index in [-0.39, 0.29) is 24.1 Å². The fraction of sp³-hybridized carbons (Fsp3) is 0.688. The van der Waals surface area contributed by atoms with Gasteiger partial charge >= 0.3 is 0 Å². The topological polar surface area (TPSA) is 101 Å². The highest BCUT2D eigenvalue weighted by molar-refractivity contribution is 5.88. The van der Waals surface area contributed by atoms with Crippen LogP contribution in [0.3, 0.4) is 0 Å². The quantitative estimate of drug-likeness (QED) is 0.187. The van der Waals surface area contributed by atoms with Gasteiger partial charge in [0.15, 0.2) is 0 Å². The summed E-state index contributed by atoms with van der Waals surface area (Å²) in [5.74, 6) is 1.42. The molecule has 0 unspecified atom stereocenters. The molecule has 228 valence electrons. The molecule has 2 aromatic rings. The number of aromatic nitrogens is 1. The van der Waals surface area contributed by atoms with Crippen molar-refractivity contribution >= 4 is 22.7 Å². The van der Waals surface area contributed by atoms with Crippen molar-refractivity contribution in [3.8, 4) is 0 Å². The highest BCUT2D eigenvalue weighted by Crippen LogP contribution is 2.20. The third-order valence-electron chi connectivity index (χ3n) is 8.72. The Balaban J connectivity index is 0.951. The van der Waals surface area contributed by atoms with E-state index >= 15 is 0 Å². The van der Waals surface area contributed by atoms with E-state index in [0.29, 0.717) is 18.9 Å². The largest absolute Gasteiger partial charge is 0.361 e. The molecule has 0 radical (unpaired) electrons. The van der Waals surface area contributed by atoms with E-state index in [1.807, 2.05) is 4.90 Å². The maximum atomic E-state index is 13.5. The molecule has 1 aromatic heterocycles. The fourth-order valence-corrected chi connectivity index (χ4v) is 6.08. The van der Waals surface area contributed by atoms with Gasteiger partial charge in [-0.05, 0) is 126 Å². The number of nitrogens with one attached hydrogen (secondary N) is 5. The van der Waals surface area contributed by atoms with E-state index in [4.69, 9.17) is 0 Å². The van der Waals surface area contributed by atoms with Crippen molar-refractivity contribution in [3.63, 3.8) is 0 Å². The minimum Gasteiger partial charge on any atom is -0.361 e. The van der Waals surface area contributed by atoms with Crippen LogP contribution in [0, 0.1) is 17.7 Å². The summed E-state index contributed by atoms with van der Waals surface area (Å²) < 4.78 is 13.5. The highest BCUT2D eigenvalue weighted by Gasteiger charge is 2.22. The molecular formula is C32H51FN6O2. The number of hydrogen-bond acceptors (Lipinski definition) is 5. The molecule has 41 heavy (non-hydrogen) atoms. The average molecular weight is 571 g/mol. The molecule has 1 aromatic carbocycles. The van der Waals surface area contributed by atoms with Crippen molar-refractivity contribution in [2.75, 3.05) is 58.9 Å². The van der Waals surface area contributed by atoms with Gasteiger partial charge in [0.25, 0.3) is 0 Å². The van der Waals surface area contributed by atoms with Crippen LogP contribution in [0.2, 0.25) is 0 Å². The Morgan fingerprint density at radius 3 is 2.29 bits per heavy atom. The Hall–Kier alpha value is -2.49. The van der Waals surface area contributed by atoms with Crippen LogP contribution in [0.15, 0.2) is 24.4 Å². The molecule has 0 aliphatic carbocycles. The van der Waals surface area contributed by atoms with E-state index < -0.39 is 0 Å². The first-order chi connectivity index (χ1) is 20.1. The number of benzene rings is 1. The summed E-state index contributed by atoms with van der Waals surface area (Å²) in [6.07, 6.45) is 12.4. The Labute approximate surface area is 245 Å². The number of halogens is 1. The first kappa shape index (κ1) is 31.4. The van der Waals surface area contributed by atoms with Gasteiger partial charge in [-0.3, -0.25) is 9.59 Å². The van der Waals surface area contributed by atoms with Crippen LogP contribution in [-0.4, -0.2) is 80.6 Å². The average Bonchev–Trinajstić information content (AvgIpc) is 3.38. The molecule has 8 nitrogen and oxygen atoms in total. The summed E-state index contributed by atoms with van der Waals surface area (Å²) in [6, 6.07) is 4.56.